The van der Waals surface area contributed by atoms with E-state index in [9.17, 15) is 14.4 Å². The molecule has 0 radical (unpaired) electrons. The quantitative estimate of drug-likeness (QED) is 0.502. The number of imide groups is 1. The normalized spacial score (nSPS) is 19.5. The van der Waals surface area contributed by atoms with Crippen molar-refractivity contribution in [3.63, 3.8) is 0 Å². The minimum absolute atomic E-state index is 0.184. The molecule has 2 N–H and O–H groups in total. The van der Waals surface area contributed by atoms with Gasteiger partial charge in [-0.2, -0.15) is 0 Å². The number of carbonyl (C=O) groups excluding carboxylic acids is 3. The third-order valence-electron chi connectivity index (χ3n) is 4.49. The number of benzene rings is 1. The molecule has 2 aliphatic heterocycles. The van der Waals surface area contributed by atoms with Gasteiger partial charge in [0.15, 0.2) is 0 Å². The Hall–Kier alpha value is -2.45. The van der Waals surface area contributed by atoms with Crippen LogP contribution in [0.1, 0.15) is 28.8 Å². The summed E-state index contributed by atoms with van der Waals surface area (Å²) in [5.74, 6) is -0.212. The van der Waals surface area contributed by atoms with Crippen molar-refractivity contribution in [1.29, 1.82) is 0 Å². The zero-order valence-electron chi connectivity index (χ0n) is 14.7. The van der Waals surface area contributed by atoms with Gasteiger partial charge in [0.25, 0.3) is 5.91 Å². The molecule has 0 aliphatic carbocycles. The maximum absolute atomic E-state index is 12.6. The molecule has 0 aromatic heterocycles. The fourth-order valence-electron chi connectivity index (χ4n) is 3.14. The van der Waals surface area contributed by atoms with Crippen LogP contribution in [0.5, 0.6) is 5.75 Å². The average Bonchev–Trinajstić information content (AvgIpc) is 2.94. The first-order chi connectivity index (χ1) is 12.6. The molecule has 140 valence electrons. The Morgan fingerprint density at radius 3 is 2.85 bits per heavy atom. The van der Waals surface area contributed by atoms with Crippen molar-refractivity contribution in [3.8, 4) is 5.75 Å². The third-order valence-corrected chi connectivity index (χ3v) is 4.49. The highest BCUT2D eigenvalue weighted by Crippen LogP contribution is 2.30. The molecule has 1 aromatic rings. The summed E-state index contributed by atoms with van der Waals surface area (Å²) >= 11 is 0. The van der Waals surface area contributed by atoms with Gasteiger partial charge in [0.05, 0.1) is 13.2 Å². The van der Waals surface area contributed by atoms with Gasteiger partial charge in [-0.25, -0.2) is 0 Å². The standard InChI is InChI=1S/C18H23N3O5/c1-19-6-7-25-8-9-26-13-2-3-14-12(10-13)11-21(18(14)24)15-4-5-16(22)20-17(15)23/h2-3,10,15,19H,4-9,11H2,1H3,(H,20,22,23). The number of piperidine rings is 1. The van der Waals surface area contributed by atoms with E-state index in [4.69, 9.17) is 9.47 Å². The highest BCUT2D eigenvalue weighted by Gasteiger charge is 2.39. The van der Waals surface area contributed by atoms with Gasteiger partial charge in [-0.1, -0.05) is 0 Å². The predicted molar refractivity (Wildman–Crippen MR) is 92.7 cm³/mol. The molecule has 3 amide bonds. The molecule has 1 fully saturated rings. The fraction of sp³-hybridized carbons (Fsp3) is 0.500. The van der Waals surface area contributed by atoms with Gasteiger partial charge in [-0.15, -0.1) is 0 Å². The molecule has 1 aromatic carbocycles. The van der Waals surface area contributed by atoms with Crippen LogP contribution in [0.25, 0.3) is 0 Å². The van der Waals surface area contributed by atoms with E-state index in [1.807, 2.05) is 13.1 Å². The highest BCUT2D eigenvalue weighted by atomic mass is 16.5. The minimum Gasteiger partial charge on any atom is -0.491 e. The molecule has 26 heavy (non-hydrogen) atoms. The van der Waals surface area contributed by atoms with Crippen LogP contribution >= 0.6 is 0 Å². The summed E-state index contributed by atoms with van der Waals surface area (Å²) in [5.41, 5.74) is 1.40. The molecule has 0 spiro atoms. The summed E-state index contributed by atoms with van der Waals surface area (Å²) < 4.78 is 11.1. The molecule has 8 nitrogen and oxygen atoms in total. The fourth-order valence-corrected chi connectivity index (χ4v) is 3.14. The maximum atomic E-state index is 12.6. The van der Waals surface area contributed by atoms with Crippen LogP contribution < -0.4 is 15.4 Å². The predicted octanol–water partition coefficient (Wildman–Crippen LogP) is 0.0624. The number of ether oxygens (including phenoxy) is 2. The molecule has 2 aliphatic rings. The number of fused-ring (bicyclic) bond motifs is 1. The minimum atomic E-state index is -0.599. The lowest BCUT2D eigenvalue weighted by Crippen LogP contribution is -2.52. The van der Waals surface area contributed by atoms with E-state index in [1.165, 1.54) is 4.90 Å². The number of nitrogens with one attached hydrogen (secondary N) is 2. The van der Waals surface area contributed by atoms with Crippen LogP contribution in [-0.2, 0) is 20.9 Å². The van der Waals surface area contributed by atoms with Gasteiger partial charge in [-0.3, -0.25) is 19.7 Å². The molecule has 1 unspecified atom stereocenters. The average molecular weight is 361 g/mol. The Balaban J connectivity index is 1.58. The van der Waals surface area contributed by atoms with Crippen molar-refractivity contribution < 1.29 is 23.9 Å². The largest absolute Gasteiger partial charge is 0.491 e. The number of carbonyl (C=O) groups is 3. The summed E-state index contributed by atoms with van der Waals surface area (Å²) in [4.78, 5) is 37.4. The monoisotopic (exact) mass is 361 g/mol. The van der Waals surface area contributed by atoms with E-state index in [0.717, 1.165) is 12.1 Å². The summed E-state index contributed by atoms with van der Waals surface area (Å²) in [6.07, 6.45) is 0.607. The van der Waals surface area contributed by atoms with E-state index >= 15 is 0 Å². The third kappa shape index (κ3) is 4.03. The molecular weight excluding hydrogens is 338 g/mol. The van der Waals surface area contributed by atoms with Gasteiger partial charge >= 0.3 is 0 Å². The van der Waals surface area contributed by atoms with Crippen LogP contribution in [0.2, 0.25) is 0 Å². The van der Waals surface area contributed by atoms with Crippen LogP contribution in [0.15, 0.2) is 18.2 Å². The summed E-state index contributed by atoms with van der Waals surface area (Å²) in [6, 6.07) is 4.70. The zero-order valence-corrected chi connectivity index (χ0v) is 14.7. The van der Waals surface area contributed by atoms with Crippen molar-refractivity contribution in [1.82, 2.24) is 15.5 Å². The Morgan fingerprint density at radius 2 is 2.08 bits per heavy atom. The maximum Gasteiger partial charge on any atom is 0.255 e. The van der Waals surface area contributed by atoms with Gasteiger partial charge in [0, 0.05) is 25.1 Å². The first-order valence-electron chi connectivity index (χ1n) is 8.73. The van der Waals surface area contributed by atoms with Gasteiger partial charge in [0.1, 0.15) is 18.4 Å². The van der Waals surface area contributed by atoms with Crippen molar-refractivity contribution in [3.05, 3.63) is 29.3 Å². The molecule has 1 saturated heterocycles. The number of likely N-dealkylation sites (N-methyl/N-ethyl adjacent to an activating group) is 1. The van der Waals surface area contributed by atoms with Crippen molar-refractivity contribution >= 4 is 17.7 Å². The van der Waals surface area contributed by atoms with E-state index in [0.29, 0.717) is 44.1 Å². The second-order valence-electron chi connectivity index (χ2n) is 6.28. The van der Waals surface area contributed by atoms with E-state index in [1.54, 1.807) is 12.1 Å². The molecule has 1 atom stereocenters. The van der Waals surface area contributed by atoms with Gasteiger partial charge in [-0.05, 0) is 37.2 Å². The molecule has 0 saturated carbocycles. The molecular formula is C18H23N3O5. The zero-order chi connectivity index (χ0) is 18.5. The van der Waals surface area contributed by atoms with Crippen LogP contribution in [-0.4, -0.2) is 62.1 Å². The summed E-state index contributed by atoms with van der Waals surface area (Å²) in [5, 5.41) is 5.29. The Labute approximate surface area is 151 Å². The smallest absolute Gasteiger partial charge is 0.255 e. The van der Waals surface area contributed by atoms with E-state index in [2.05, 4.69) is 10.6 Å². The lowest BCUT2D eigenvalue weighted by Gasteiger charge is -2.29. The molecule has 0 bridgehead atoms. The van der Waals surface area contributed by atoms with Gasteiger partial charge in [0.2, 0.25) is 11.8 Å². The van der Waals surface area contributed by atoms with Crippen molar-refractivity contribution in [2.75, 3.05) is 33.4 Å². The Kier molecular flexibility index (Phi) is 5.85. The highest BCUT2D eigenvalue weighted by molar-refractivity contribution is 6.05. The van der Waals surface area contributed by atoms with Crippen molar-refractivity contribution in [2.45, 2.75) is 25.4 Å². The number of hydrogen-bond acceptors (Lipinski definition) is 6. The van der Waals surface area contributed by atoms with E-state index in [-0.39, 0.29) is 18.2 Å². The van der Waals surface area contributed by atoms with Crippen molar-refractivity contribution in [2.24, 2.45) is 0 Å². The lowest BCUT2D eigenvalue weighted by atomic mass is 10.0. The van der Waals surface area contributed by atoms with Crippen LogP contribution in [0.4, 0.5) is 0 Å². The first-order valence-corrected chi connectivity index (χ1v) is 8.73. The summed E-state index contributed by atoms with van der Waals surface area (Å²) in [7, 11) is 1.86. The number of nitrogens with zero attached hydrogens (tertiary/aromatic N) is 1. The Bertz CT molecular complexity index is 706. The molecule has 8 heteroatoms. The molecule has 3 rings (SSSR count). The SMILES string of the molecule is CNCCOCCOc1ccc2c(c1)CN(C1CCC(=O)NC1=O)C2=O. The van der Waals surface area contributed by atoms with Gasteiger partial charge < -0.3 is 19.7 Å². The second-order valence-corrected chi connectivity index (χ2v) is 6.28. The first kappa shape index (κ1) is 18.3. The Morgan fingerprint density at radius 1 is 1.23 bits per heavy atom. The number of rotatable bonds is 8. The lowest BCUT2D eigenvalue weighted by molar-refractivity contribution is -0.136. The summed E-state index contributed by atoms with van der Waals surface area (Å²) in [6.45, 7) is 2.67. The topological polar surface area (TPSA) is 97.0 Å². The number of amides is 3. The number of hydrogen-bond donors (Lipinski definition) is 2. The van der Waals surface area contributed by atoms with E-state index < -0.39 is 11.9 Å². The van der Waals surface area contributed by atoms with Crippen LogP contribution in [0.3, 0.4) is 0 Å². The van der Waals surface area contributed by atoms with Crippen LogP contribution in [0, 0.1) is 0 Å². The molecule has 2 heterocycles. The second kappa shape index (κ2) is 8.29.